The lowest BCUT2D eigenvalue weighted by atomic mass is 10.0. The topological polar surface area (TPSA) is 84.1 Å². The third kappa shape index (κ3) is 1.39. The molecule has 0 fully saturated rings. The van der Waals surface area contributed by atoms with Gasteiger partial charge in [0.15, 0.2) is 11.5 Å². The highest BCUT2D eigenvalue weighted by Crippen LogP contribution is 2.37. The number of H-pyrrole nitrogens is 1. The fraction of sp³-hybridized carbons (Fsp3) is 0.0833. The van der Waals surface area contributed by atoms with E-state index in [2.05, 4.69) is 11.1 Å². The van der Waals surface area contributed by atoms with E-state index in [9.17, 15) is 0 Å². The number of nitrogen functional groups attached to an aromatic ring is 1. The van der Waals surface area contributed by atoms with Crippen LogP contribution in [0.1, 0.15) is 5.56 Å². The molecule has 2 aromatic rings. The van der Waals surface area contributed by atoms with Crippen molar-refractivity contribution in [3.05, 3.63) is 30.0 Å². The first kappa shape index (κ1) is 9.60. The fourth-order valence-electron chi connectivity index (χ4n) is 1.85. The number of rotatable bonds is 1. The number of nitrogens with two attached hydrogens (primary N) is 1. The number of benzene rings is 1. The van der Waals surface area contributed by atoms with Gasteiger partial charge < -0.3 is 20.2 Å². The lowest BCUT2D eigenvalue weighted by molar-refractivity contribution is 0.174. The second-order valence-electron chi connectivity index (χ2n) is 3.67. The van der Waals surface area contributed by atoms with Crippen LogP contribution in [0.15, 0.2) is 24.4 Å². The van der Waals surface area contributed by atoms with Crippen molar-refractivity contribution >= 4 is 5.82 Å². The average Bonchev–Trinajstić information content (AvgIpc) is 2.93. The Balaban J connectivity index is 2.13. The molecule has 1 aliphatic rings. The van der Waals surface area contributed by atoms with E-state index in [4.69, 9.17) is 20.5 Å². The number of ether oxygens (including phenoxy) is 2. The molecule has 1 aromatic carbocycles. The van der Waals surface area contributed by atoms with Crippen LogP contribution in [-0.2, 0) is 0 Å². The zero-order valence-electron chi connectivity index (χ0n) is 8.86. The van der Waals surface area contributed by atoms with E-state index in [-0.39, 0.29) is 6.79 Å². The Kier molecular flexibility index (Phi) is 1.95. The molecular weight excluding hydrogens is 218 g/mol. The molecule has 1 aliphatic heterocycles. The summed E-state index contributed by atoms with van der Waals surface area (Å²) in [5.41, 5.74) is 7.76. The van der Waals surface area contributed by atoms with Crippen LogP contribution in [0.25, 0.3) is 11.1 Å². The van der Waals surface area contributed by atoms with Crippen molar-refractivity contribution in [2.45, 2.75) is 0 Å². The van der Waals surface area contributed by atoms with Crippen LogP contribution >= 0.6 is 0 Å². The molecule has 3 N–H and O–H groups in total. The lowest BCUT2D eigenvalue weighted by Gasteiger charge is -2.01. The number of nitriles is 1. The maximum absolute atomic E-state index is 9.04. The van der Waals surface area contributed by atoms with Crippen molar-refractivity contribution in [1.82, 2.24) is 4.98 Å². The van der Waals surface area contributed by atoms with E-state index in [1.165, 1.54) is 0 Å². The van der Waals surface area contributed by atoms with Gasteiger partial charge in [-0.15, -0.1) is 0 Å². The zero-order chi connectivity index (χ0) is 11.8. The minimum Gasteiger partial charge on any atom is -0.454 e. The molecule has 1 aromatic heterocycles. The highest BCUT2D eigenvalue weighted by atomic mass is 16.7. The Labute approximate surface area is 97.4 Å². The van der Waals surface area contributed by atoms with Crippen molar-refractivity contribution in [3.63, 3.8) is 0 Å². The van der Waals surface area contributed by atoms with E-state index in [0.29, 0.717) is 17.1 Å². The number of hydrogen-bond acceptors (Lipinski definition) is 4. The molecule has 0 bridgehead atoms. The van der Waals surface area contributed by atoms with E-state index >= 15 is 0 Å². The first-order valence-corrected chi connectivity index (χ1v) is 5.06. The van der Waals surface area contributed by atoms with Gasteiger partial charge in [-0.05, 0) is 17.7 Å². The molecule has 0 atom stereocenters. The van der Waals surface area contributed by atoms with E-state index < -0.39 is 0 Å². The van der Waals surface area contributed by atoms with Crippen molar-refractivity contribution in [3.8, 4) is 28.7 Å². The number of aromatic amines is 1. The molecule has 0 saturated carbocycles. The van der Waals surface area contributed by atoms with Crippen LogP contribution in [0.2, 0.25) is 0 Å². The first-order chi connectivity index (χ1) is 8.29. The third-order valence-electron chi connectivity index (χ3n) is 2.71. The van der Waals surface area contributed by atoms with Gasteiger partial charge >= 0.3 is 0 Å². The number of nitrogens with zero attached hydrogens (tertiary/aromatic N) is 1. The van der Waals surface area contributed by atoms with Gasteiger partial charge in [0.25, 0.3) is 0 Å². The van der Waals surface area contributed by atoms with Crippen LogP contribution in [0.3, 0.4) is 0 Å². The molecule has 0 saturated heterocycles. The van der Waals surface area contributed by atoms with Gasteiger partial charge in [-0.1, -0.05) is 6.07 Å². The zero-order valence-corrected chi connectivity index (χ0v) is 8.86. The standard InChI is InChI=1S/C12H9N3O2/c13-4-8-9(5-15-12(8)14)7-1-2-10-11(3-7)17-6-16-10/h1-3,5,15H,6,14H2. The van der Waals surface area contributed by atoms with E-state index in [1.807, 2.05) is 18.2 Å². The molecule has 0 aliphatic carbocycles. The summed E-state index contributed by atoms with van der Waals surface area (Å²) in [4.78, 5) is 2.84. The first-order valence-electron chi connectivity index (χ1n) is 5.06. The summed E-state index contributed by atoms with van der Waals surface area (Å²) in [5.74, 6) is 1.78. The molecule has 5 nitrogen and oxygen atoms in total. The molecule has 17 heavy (non-hydrogen) atoms. The molecular formula is C12H9N3O2. The second kappa shape index (κ2) is 3.46. The van der Waals surface area contributed by atoms with Crippen LogP contribution in [0.4, 0.5) is 5.82 Å². The average molecular weight is 227 g/mol. The fourth-order valence-corrected chi connectivity index (χ4v) is 1.85. The molecule has 2 heterocycles. The molecule has 0 spiro atoms. The number of fused-ring (bicyclic) bond motifs is 1. The van der Waals surface area contributed by atoms with Crippen molar-refractivity contribution < 1.29 is 9.47 Å². The Morgan fingerprint density at radius 1 is 1.29 bits per heavy atom. The SMILES string of the molecule is N#Cc1c(-c2ccc3c(c2)OCO3)c[nH]c1N. The highest BCUT2D eigenvalue weighted by Gasteiger charge is 2.16. The quantitative estimate of drug-likeness (QED) is 0.778. The summed E-state index contributed by atoms with van der Waals surface area (Å²) in [6.07, 6.45) is 1.71. The Morgan fingerprint density at radius 3 is 2.94 bits per heavy atom. The molecule has 3 rings (SSSR count). The van der Waals surface area contributed by atoms with Gasteiger partial charge in [0, 0.05) is 11.8 Å². The van der Waals surface area contributed by atoms with E-state index in [1.54, 1.807) is 6.20 Å². The van der Waals surface area contributed by atoms with Gasteiger partial charge in [-0.3, -0.25) is 0 Å². The molecule has 0 amide bonds. The Hall–Kier alpha value is -2.61. The largest absolute Gasteiger partial charge is 0.454 e. The number of aromatic nitrogens is 1. The Morgan fingerprint density at radius 2 is 2.12 bits per heavy atom. The van der Waals surface area contributed by atoms with E-state index in [0.717, 1.165) is 16.9 Å². The highest BCUT2D eigenvalue weighted by molar-refractivity contribution is 5.77. The number of anilines is 1. The second-order valence-corrected chi connectivity index (χ2v) is 3.67. The smallest absolute Gasteiger partial charge is 0.231 e. The van der Waals surface area contributed by atoms with Crippen LogP contribution < -0.4 is 15.2 Å². The third-order valence-corrected chi connectivity index (χ3v) is 2.71. The molecule has 84 valence electrons. The van der Waals surface area contributed by atoms with Crippen LogP contribution in [0.5, 0.6) is 11.5 Å². The van der Waals surface area contributed by atoms with Crippen LogP contribution in [-0.4, -0.2) is 11.8 Å². The maximum Gasteiger partial charge on any atom is 0.231 e. The molecule has 0 unspecified atom stereocenters. The summed E-state index contributed by atoms with van der Waals surface area (Å²) in [6.45, 7) is 0.235. The van der Waals surface area contributed by atoms with Crippen molar-refractivity contribution in [1.29, 1.82) is 5.26 Å². The number of hydrogen-bond donors (Lipinski definition) is 2. The maximum atomic E-state index is 9.04. The number of nitrogens with one attached hydrogen (secondary N) is 1. The van der Waals surface area contributed by atoms with Gasteiger partial charge in [0.1, 0.15) is 17.5 Å². The van der Waals surface area contributed by atoms with Crippen molar-refractivity contribution in [2.24, 2.45) is 0 Å². The lowest BCUT2D eigenvalue weighted by Crippen LogP contribution is -1.92. The van der Waals surface area contributed by atoms with Gasteiger partial charge in [-0.25, -0.2) is 0 Å². The summed E-state index contributed by atoms with van der Waals surface area (Å²) >= 11 is 0. The summed E-state index contributed by atoms with van der Waals surface area (Å²) < 4.78 is 10.5. The van der Waals surface area contributed by atoms with Crippen molar-refractivity contribution in [2.75, 3.05) is 12.5 Å². The minimum absolute atomic E-state index is 0.235. The summed E-state index contributed by atoms with van der Waals surface area (Å²) in [5, 5.41) is 9.04. The normalized spacial score (nSPS) is 12.4. The molecule has 5 heteroatoms. The van der Waals surface area contributed by atoms with Gasteiger partial charge in [-0.2, -0.15) is 5.26 Å². The van der Waals surface area contributed by atoms with Gasteiger partial charge in [0.2, 0.25) is 6.79 Å². The monoisotopic (exact) mass is 227 g/mol. The summed E-state index contributed by atoms with van der Waals surface area (Å²) in [7, 11) is 0. The predicted octanol–water partition coefficient (Wildman–Crippen LogP) is 1.86. The minimum atomic E-state index is 0.235. The predicted molar refractivity (Wildman–Crippen MR) is 61.5 cm³/mol. The van der Waals surface area contributed by atoms with Gasteiger partial charge in [0.05, 0.1) is 0 Å². The van der Waals surface area contributed by atoms with Crippen LogP contribution in [0, 0.1) is 11.3 Å². The Bertz CT molecular complexity index is 625. The summed E-state index contributed by atoms with van der Waals surface area (Å²) in [6, 6.07) is 7.61. The molecule has 0 radical (unpaired) electrons.